The van der Waals surface area contributed by atoms with Crippen molar-refractivity contribution in [3.05, 3.63) is 89.0 Å². The van der Waals surface area contributed by atoms with Crippen LogP contribution in [0.1, 0.15) is 11.1 Å². The van der Waals surface area contributed by atoms with E-state index in [2.05, 4.69) is 30.8 Å². The molecule has 0 spiro atoms. The minimum atomic E-state index is -0.305. The minimum absolute atomic E-state index is 0.212. The summed E-state index contributed by atoms with van der Waals surface area (Å²) in [7, 11) is 1.97. The summed E-state index contributed by atoms with van der Waals surface area (Å²) in [6.45, 7) is 1.86. The molecule has 1 aromatic heterocycles. The molecule has 2 heterocycles. The minimum Gasteiger partial charge on any atom is -0.487 e. The number of hydrazone groups is 1. The predicted octanol–water partition coefficient (Wildman–Crippen LogP) is 4.97. The van der Waals surface area contributed by atoms with Crippen molar-refractivity contribution in [1.29, 1.82) is 0 Å². The molecule has 0 bridgehead atoms. The molecule has 10 heteroatoms. The highest BCUT2D eigenvalue weighted by Gasteiger charge is 2.11. The molecule has 0 aliphatic carbocycles. The van der Waals surface area contributed by atoms with Crippen LogP contribution in [0.3, 0.4) is 0 Å². The molecule has 0 atom stereocenters. The van der Waals surface area contributed by atoms with Crippen molar-refractivity contribution in [3.63, 3.8) is 0 Å². The summed E-state index contributed by atoms with van der Waals surface area (Å²) < 4.78 is 19.2. The number of rotatable bonds is 7. The molecule has 0 saturated carbocycles. The average molecular weight is 504 g/mol. The molecular formula is C26H23ClFN7O. The van der Waals surface area contributed by atoms with Gasteiger partial charge in [-0.15, -0.1) is 0 Å². The molecule has 4 aromatic rings. The van der Waals surface area contributed by atoms with Gasteiger partial charge in [-0.05, 0) is 53.6 Å². The Morgan fingerprint density at radius 3 is 2.86 bits per heavy atom. The van der Waals surface area contributed by atoms with Gasteiger partial charge >= 0.3 is 0 Å². The summed E-state index contributed by atoms with van der Waals surface area (Å²) in [6.07, 6.45) is 3.23. The third-order valence-electron chi connectivity index (χ3n) is 5.57. The lowest BCUT2D eigenvalue weighted by atomic mass is 10.1. The highest BCUT2D eigenvalue weighted by molar-refractivity contribution is 6.32. The van der Waals surface area contributed by atoms with E-state index in [1.54, 1.807) is 30.5 Å². The maximum Gasteiger partial charge on any atom is 0.214 e. The lowest BCUT2D eigenvalue weighted by Gasteiger charge is -2.12. The van der Waals surface area contributed by atoms with E-state index in [1.807, 2.05) is 36.2 Å². The Bertz CT molecular complexity index is 1460. The van der Waals surface area contributed by atoms with Gasteiger partial charge in [0.2, 0.25) is 5.96 Å². The molecule has 5 rings (SSSR count). The molecule has 0 radical (unpaired) electrons. The second kappa shape index (κ2) is 10.6. The predicted molar refractivity (Wildman–Crippen MR) is 141 cm³/mol. The van der Waals surface area contributed by atoms with Gasteiger partial charge < -0.3 is 15.0 Å². The van der Waals surface area contributed by atoms with E-state index in [0.29, 0.717) is 16.6 Å². The first kappa shape index (κ1) is 23.5. The number of aromatic nitrogens is 2. The monoisotopic (exact) mass is 503 g/mol. The van der Waals surface area contributed by atoms with Gasteiger partial charge in [0.1, 0.15) is 30.3 Å². The Balaban J connectivity index is 1.30. The van der Waals surface area contributed by atoms with Crippen molar-refractivity contribution in [3.8, 4) is 5.75 Å². The number of fused-ring (bicyclic) bond motifs is 1. The first-order valence-electron chi connectivity index (χ1n) is 11.3. The Kier molecular flexibility index (Phi) is 6.90. The summed E-state index contributed by atoms with van der Waals surface area (Å²) in [4.78, 5) is 15.1. The van der Waals surface area contributed by atoms with Crippen LogP contribution in [0.2, 0.25) is 5.02 Å². The van der Waals surface area contributed by atoms with E-state index < -0.39 is 0 Å². The normalized spacial score (nSPS) is 13.3. The van der Waals surface area contributed by atoms with E-state index in [1.165, 1.54) is 18.5 Å². The molecule has 1 aliphatic heterocycles. The van der Waals surface area contributed by atoms with E-state index in [-0.39, 0.29) is 12.4 Å². The van der Waals surface area contributed by atoms with Gasteiger partial charge in [-0.25, -0.2) is 24.8 Å². The largest absolute Gasteiger partial charge is 0.487 e. The molecule has 3 aromatic carbocycles. The molecule has 1 aliphatic rings. The van der Waals surface area contributed by atoms with Crippen LogP contribution in [0.25, 0.3) is 10.9 Å². The van der Waals surface area contributed by atoms with Crippen LogP contribution in [0.15, 0.2) is 77.1 Å². The SMILES string of the molecule is CN1CCN=C1N/N=C/c1ccc2ncnc(Nc3ccc(OCc4cccc(F)c4)c(Cl)c3)c2c1. The molecule has 0 fully saturated rings. The summed E-state index contributed by atoms with van der Waals surface area (Å²) >= 11 is 6.45. The quantitative estimate of drug-likeness (QED) is 0.273. The van der Waals surface area contributed by atoms with Crippen LogP contribution in [-0.4, -0.2) is 47.2 Å². The van der Waals surface area contributed by atoms with Crippen molar-refractivity contribution in [2.24, 2.45) is 10.1 Å². The molecule has 8 nitrogen and oxygen atoms in total. The Morgan fingerprint density at radius 1 is 1.14 bits per heavy atom. The smallest absolute Gasteiger partial charge is 0.214 e. The fraction of sp³-hybridized carbons (Fsp3) is 0.154. The molecule has 0 saturated heterocycles. The fourth-order valence-corrected chi connectivity index (χ4v) is 3.93. The molecule has 36 heavy (non-hydrogen) atoms. The van der Waals surface area contributed by atoms with Crippen molar-refractivity contribution in [2.45, 2.75) is 6.61 Å². The second-order valence-corrected chi connectivity index (χ2v) is 8.59. The third kappa shape index (κ3) is 5.52. The molecule has 0 unspecified atom stereocenters. The summed E-state index contributed by atoms with van der Waals surface area (Å²) in [5.41, 5.74) is 6.10. The number of benzene rings is 3. The number of halogens is 2. The summed E-state index contributed by atoms with van der Waals surface area (Å²) in [5.74, 6) is 1.58. The molecule has 2 N–H and O–H groups in total. The van der Waals surface area contributed by atoms with Gasteiger partial charge in [0.05, 0.1) is 23.3 Å². The Labute approximate surface area is 212 Å². The van der Waals surface area contributed by atoms with Gasteiger partial charge in [0.15, 0.2) is 0 Å². The number of nitrogens with one attached hydrogen (secondary N) is 2. The number of ether oxygens (including phenoxy) is 1. The zero-order valence-corrected chi connectivity index (χ0v) is 20.2. The van der Waals surface area contributed by atoms with Crippen molar-refractivity contribution in [1.82, 2.24) is 20.3 Å². The van der Waals surface area contributed by atoms with Crippen LogP contribution >= 0.6 is 11.6 Å². The highest BCUT2D eigenvalue weighted by Crippen LogP contribution is 2.31. The number of anilines is 2. The van der Waals surface area contributed by atoms with Crippen LogP contribution in [0, 0.1) is 5.82 Å². The molecular weight excluding hydrogens is 481 g/mol. The van der Waals surface area contributed by atoms with Gasteiger partial charge in [-0.2, -0.15) is 5.10 Å². The van der Waals surface area contributed by atoms with E-state index >= 15 is 0 Å². The zero-order valence-electron chi connectivity index (χ0n) is 19.4. The summed E-state index contributed by atoms with van der Waals surface area (Å²) in [5, 5.41) is 8.86. The maximum absolute atomic E-state index is 13.4. The van der Waals surface area contributed by atoms with Crippen molar-refractivity contribution >= 4 is 46.2 Å². The lowest BCUT2D eigenvalue weighted by Crippen LogP contribution is -2.32. The number of hydrogen-bond acceptors (Lipinski definition) is 8. The third-order valence-corrected chi connectivity index (χ3v) is 5.87. The van der Waals surface area contributed by atoms with Crippen LogP contribution in [0.5, 0.6) is 5.75 Å². The van der Waals surface area contributed by atoms with Crippen LogP contribution in [0.4, 0.5) is 15.9 Å². The van der Waals surface area contributed by atoms with Gasteiger partial charge in [0.25, 0.3) is 0 Å². The topological polar surface area (TPSA) is 87.0 Å². The second-order valence-electron chi connectivity index (χ2n) is 8.18. The molecule has 0 amide bonds. The zero-order chi connectivity index (χ0) is 24.9. The highest BCUT2D eigenvalue weighted by atomic mass is 35.5. The van der Waals surface area contributed by atoms with E-state index in [0.717, 1.165) is 46.8 Å². The number of nitrogens with zero attached hydrogens (tertiary/aromatic N) is 5. The van der Waals surface area contributed by atoms with Crippen molar-refractivity contribution < 1.29 is 9.13 Å². The van der Waals surface area contributed by atoms with Gasteiger partial charge in [-0.1, -0.05) is 29.8 Å². The number of likely N-dealkylation sites (N-methyl/N-ethyl adjacent to an activating group) is 1. The van der Waals surface area contributed by atoms with Crippen molar-refractivity contribution in [2.75, 3.05) is 25.5 Å². The molecule has 182 valence electrons. The van der Waals surface area contributed by atoms with Gasteiger partial charge in [0, 0.05) is 24.7 Å². The van der Waals surface area contributed by atoms with E-state index in [4.69, 9.17) is 16.3 Å². The standard InChI is InChI=1S/C26H23ClFN7O/c1-35-10-9-29-26(35)34-32-14-17-5-7-23-21(12-17)25(31-16-30-23)33-20-6-8-24(22(27)13-20)36-15-18-3-2-4-19(28)11-18/h2-8,11-14,16H,9-10,15H2,1H3,(H,29,34)(H,30,31,33)/b32-14+. The first-order valence-corrected chi connectivity index (χ1v) is 11.7. The number of hydrogen-bond donors (Lipinski definition) is 2. The maximum atomic E-state index is 13.4. The van der Waals surface area contributed by atoms with Crippen LogP contribution < -0.4 is 15.5 Å². The number of guanidine groups is 1. The first-order chi connectivity index (χ1) is 17.5. The fourth-order valence-electron chi connectivity index (χ4n) is 3.69. The summed E-state index contributed by atoms with van der Waals surface area (Å²) in [6, 6.07) is 17.4. The van der Waals surface area contributed by atoms with E-state index in [9.17, 15) is 4.39 Å². The number of aliphatic imine (C=N–C) groups is 1. The Morgan fingerprint density at radius 2 is 2.06 bits per heavy atom. The average Bonchev–Trinajstić information content (AvgIpc) is 3.28. The Hall–Kier alpha value is -4.24. The van der Waals surface area contributed by atoms with Gasteiger partial charge in [-0.3, -0.25) is 0 Å². The van der Waals surface area contributed by atoms with Crippen LogP contribution in [-0.2, 0) is 6.61 Å². The lowest BCUT2D eigenvalue weighted by molar-refractivity contribution is 0.306.